The maximum Gasteiger partial charge on any atom is 0.0540 e. The summed E-state index contributed by atoms with van der Waals surface area (Å²) in [6.07, 6.45) is 1.97. The molecule has 0 amide bonds. The van der Waals surface area contributed by atoms with Crippen molar-refractivity contribution < 1.29 is 4.21 Å². The van der Waals surface area contributed by atoms with Crippen molar-refractivity contribution in [1.29, 1.82) is 0 Å². The van der Waals surface area contributed by atoms with Gasteiger partial charge in [-0.15, -0.1) is 0 Å². The molecular weight excluding hydrogens is 230 g/mol. The Labute approximate surface area is 106 Å². The molecule has 1 N–H and O–H groups in total. The van der Waals surface area contributed by atoms with Gasteiger partial charge in [-0.1, -0.05) is 37.3 Å². The third-order valence-corrected chi connectivity index (χ3v) is 5.41. The zero-order chi connectivity index (χ0) is 12.3. The molecule has 0 saturated carbocycles. The predicted octanol–water partition coefficient (Wildman–Crippen LogP) is 2.64. The number of hydrogen-bond donors (Lipinski definition) is 1. The van der Waals surface area contributed by atoms with E-state index in [2.05, 4.69) is 43.4 Å². The van der Waals surface area contributed by atoms with Gasteiger partial charge in [-0.25, -0.2) is 0 Å². The average Bonchev–Trinajstić information content (AvgIpc) is 2.50. The molecule has 17 heavy (non-hydrogen) atoms. The first-order valence-electron chi connectivity index (χ1n) is 6.40. The molecule has 0 radical (unpaired) electrons. The lowest BCUT2D eigenvalue weighted by atomic mass is 10.0. The van der Waals surface area contributed by atoms with Crippen LogP contribution in [0.3, 0.4) is 0 Å². The summed E-state index contributed by atoms with van der Waals surface area (Å²) in [5, 5.41) is 3.87. The quantitative estimate of drug-likeness (QED) is 0.875. The van der Waals surface area contributed by atoms with Gasteiger partial charge in [0.1, 0.15) is 0 Å². The summed E-state index contributed by atoms with van der Waals surface area (Å²) in [5.41, 5.74) is 1.27. The maximum absolute atomic E-state index is 12.2. The largest absolute Gasteiger partial charge is 0.306 e. The van der Waals surface area contributed by atoms with E-state index in [4.69, 9.17) is 0 Å². The third kappa shape index (κ3) is 2.96. The standard InChI is InChI=1S/C14H21NOS/c1-3-13-14(12-7-5-4-6-8-12)15-11(2)9-10-17(13)16/h4-8,11,13-15H,3,9-10H2,1-2H3. The summed E-state index contributed by atoms with van der Waals surface area (Å²) >= 11 is 0. The second kappa shape index (κ2) is 5.78. The number of hydrogen-bond acceptors (Lipinski definition) is 2. The van der Waals surface area contributed by atoms with Crippen molar-refractivity contribution in [2.24, 2.45) is 0 Å². The normalized spacial score (nSPS) is 34.2. The van der Waals surface area contributed by atoms with Crippen LogP contribution in [0.25, 0.3) is 0 Å². The van der Waals surface area contributed by atoms with Crippen molar-refractivity contribution in [2.75, 3.05) is 5.75 Å². The zero-order valence-electron chi connectivity index (χ0n) is 10.6. The molecule has 1 fully saturated rings. The highest BCUT2D eigenvalue weighted by atomic mass is 32.2. The first-order valence-corrected chi connectivity index (χ1v) is 7.78. The Bertz CT molecular complexity index is 379. The van der Waals surface area contributed by atoms with Gasteiger partial charge in [-0.3, -0.25) is 4.21 Å². The van der Waals surface area contributed by atoms with Gasteiger partial charge in [0.2, 0.25) is 0 Å². The molecule has 0 spiro atoms. The van der Waals surface area contributed by atoms with E-state index < -0.39 is 10.8 Å². The molecule has 0 bridgehead atoms. The fourth-order valence-electron chi connectivity index (χ4n) is 2.49. The minimum atomic E-state index is -0.709. The summed E-state index contributed by atoms with van der Waals surface area (Å²) in [6.45, 7) is 4.32. The molecule has 4 unspecified atom stereocenters. The lowest BCUT2D eigenvalue weighted by Crippen LogP contribution is -2.35. The molecule has 2 rings (SSSR count). The Morgan fingerprint density at radius 1 is 1.35 bits per heavy atom. The van der Waals surface area contributed by atoms with Gasteiger partial charge in [-0.2, -0.15) is 0 Å². The molecule has 2 nitrogen and oxygen atoms in total. The summed E-state index contributed by atoms with van der Waals surface area (Å²) < 4.78 is 12.2. The second-order valence-corrected chi connectivity index (χ2v) is 6.55. The van der Waals surface area contributed by atoms with Crippen LogP contribution in [-0.2, 0) is 10.8 Å². The minimum absolute atomic E-state index is 0.236. The van der Waals surface area contributed by atoms with E-state index in [9.17, 15) is 4.21 Å². The zero-order valence-corrected chi connectivity index (χ0v) is 11.4. The number of nitrogens with one attached hydrogen (secondary N) is 1. The molecule has 0 aromatic heterocycles. The highest BCUT2D eigenvalue weighted by Crippen LogP contribution is 2.27. The van der Waals surface area contributed by atoms with E-state index >= 15 is 0 Å². The van der Waals surface area contributed by atoms with E-state index in [1.165, 1.54) is 5.56 Å². The maximum atomic E-state index is 12.2. The van der Waals surface area contributed by atoms with Crippen LogP contribution in [-0.4, -0.2) is 21.3 Å². The highest BCUT2D eigenvalue weighted by molar-refractivity contribution is 7.85. The molecule has 1 aliphatic rings. The second-order valence-electron chi connectivity index (χ2n) is 4.78. The number of benzene rings is 1. The molecule has 0 aliphatic carbocycles. The smallest absolute Gasteiger partial charge is 0.0540 e. The van der Waals surface area contributed by atoms with Crippen molar-refractivity contribution in [3.8, 4) is 0 Å². The monoisotopic (exact) mass is 251 g/mol. The van der Waals surface area contributed by atoms with Crippen molar-refractivity contribution in [3.63, 3.8) is 0 Å². The summed E-state index contributed by atoms with van der Waals surface area (Å²) in [6, 6.07) is 11.1. The van der Waals surface area contributed by atoms with Gasteiger partial charge in [0.15, 0.2) is 0 Å². The lowest BCUT2D eigenvalue weighted by Gasteiger charge is -2.26. The first-order chi connectivity index (χ1) is 8.22. The lowest BCUT2D eigenvalue weighted by molar-refractivity contribution is 0.441. The molecule has 3 heteroatoms. The van der Waals surface area contributed by atoms with Crippen molar-refractivity contribution in [2.45, 2.75) is 44.0 Å². The van der Waals surface area contributed by atoms with Crippen molar-refractivity contribution >= 4 is 10.8 Å². The Morgan fingerprint density at radius 3 is 2.71 bits per heavy atom. The molecule has 1 heterocycles. The molecule has 1 aromatic carbocycles. The van der Waals surface area contributed by atoms with Gasteiger partial charge in [-0.05, 0) is 25.3 Å². The molecule has 1 saturated heterocycles. The van der Waals surface area contributed by atoms with Crippen LogP contribution >= 0.6 is 0 Å². The topological polar surface area (TPSA) is 29.1 Å². The molecule has 4 atom stereocenters. The molecule has 94 valence electrons. The van der Waals surface area contributed by atoms with Crippen LogP contribution in [0.5, 0.6) is 0 Å². The van der Waals surface area contributed by atoms with Crippen LogP contribution in [0.15, 0.2) is 30.3 Å². The first kappa shape index (κ1) is 12.8. The van der Waals surface area contributed by atoms with E-state index in [0.717, 1.165) is 18.6 Å². The van der Waals surface area contributed by atoms with Gasteiger partial charge in [0.25, 0.3) is 0 Å². The number of rotatable bonds is 2. The van der Waals surface area contributed by atoms with Gasteiger partial charge >= 0.3 is 0 Å². The summed E-state index contributed by atoms with van der Waals surface area (Å²) in [5.74, 6) is 0.829. The molecule has 1 aliphatic heterocycles. The van der Waals surface area contributed by atoms with Crippen molar-refractivity contribution in [3.05, 3.63) is 35.9 Å². The van der Waals surface area contributed by atoms with E-state index in [-0.39, 0.29) is 11.3 Å². The van der Waals surface area contributed by atoms with Gasteiger partial charge in [0, 0.05) is 28.6 Å². The van der Waals surface area contributed by atoms with Crippen LogP contribution in [0.1, 0.15) is 38.3 Å². The van der Waals surface area contributed by atoms with Crippen LogP contribution in [0, 0.1) is 0 Å². The van der Waals surface area contributed by atoms with Crippen LogP contribution < -0.4 is 5.32 Å². The molecular formula is C14H21NOS. The minimum Gasteiger partial charge on any atom is -0.306 e. The van der Waals surface area contributed by atoms with E-state index in [1.54, 1.807) is 0 Å². The van der Waals surface area contributed by atoms with E-state index in [1.807, 2.05) is 6.07 Å². The molecule has 1 aromatic rings. The van der Waals surface area contributed by atoms with E-state index in [0.29, 0.717) is 6.04 Å². The average molecular weight is 251 g/mol. The summed E-state index contributed by atoms with van der Waals surface area (Å²) in [7, 11) is -0.709. The Kier molecular flexibility index (Phi) is 4.35. The van der Waals surface area contributed by atoms with Crippen LogP contribution in [0.2, 0.25) is 0 Å². The third-order valence-electron chi connectivity index (χ3n) is 3.49. The fraction of sp³-hybridized carbons (Fsp3) is 0.571. The van der Waals surface area contributed by atoms with Crippen LogP contribution in [0.4, 0.5) is 0 Å². The Morgan fingerprint density at radius 2 is 2.06 bits per heavy atom. The van der Waals surface area contributed by atoms with Gasteiger partial charge < -0.3 is 5.32 Å². The highest BCUT2D eigenvalue weighted by Gasteiger charge is 2.30. The van der Waals surface area contributed by atoms with Crippen molar-refractivity contribution in [1.82, 2.24) is 5.32 Å². The Balaban J connectivity index is 2.30. The Hall–Kier alpha value is -0.670. The van der Waals surface area contributed by atoms with Gasteiger partial charge in [0.05, 0.1) is 5.25 Å². The summed E-state index contributed by atoms with van der Waals surface area (Å²) in [4.78, 5) is 0. The SMILES string of the molecule is CCC1C(c2ccccc2)NC(C)CCS1=O. The fourth-order valence-corrected chi connectivity index (χ4v) is 4.29. The predicted molar refractivity (Wildman–Crippen MR) is 73.5 cm³/mol.